The van der Waals surface area contributed by atoms with Crippen LogP contribution in [0.2, 0.25) is 0 Å². The number of benzene rings is 1. The summed E-state index contributed by atoms with van der Waals surface area (Å²) in [7, 11) is 3.67. The molecule has 0 amide bonds. The number of nitrogens with one attached hydrogen (secondary N) is 2. The Morgan fingerprint density at radius 3 is 2.65 bits per heavy atom. The van der Waals surface area contributed by atoms with Crippen LogP contribution in [0.25, 0.3) is 0 Å². The van der Waals surface area contributed by atoms with Crippen LogP contribution in [0.15, 0.2) is 23.2 Å². The molecule has 0 fully saturated rings. The van der Waals surface area contributed by atoms with E-state index in [0.29, 0.717) is 12.2 Å². The highest BCUT2D eigenvalue weighted by molar-refractivity contribution is 7.98. The number of halogens is 1. The molecule has 0 radical (unpaired) electrons. The molecule has 130 valence electrons. The van der Waals surface area contributed by atoms with Crippen molar-refractivity contribution in [1.82, 2.24) is 10.6 Å². The number of nitrogens with zero attached hydrogens (tertiary/aromatic N) is 2. The number of unbranched alkanes of at least 4 members (excludes halogenated alkanes) is 1. The van der Waals surface area contributed by atoms with Gasteiger partial charge in [-0.3, -0.25) is 0 Å². The van der Waals surface area contributed by atoms with Gasteiger partial charge in [0.05, 0.1) is 12.2 Å². The molecule has 6 heteroatoms. The molecule has 23 heavy (non-hydrogen) atoms. The topological polar surface area (TPSA) is 39.7 Å². The van der Waals surface area contributed by atoms with Gasteiger partial charge in [0.2, 0.25) is 0 Å². The van der Waals surface area contributed by atoms with Crippen molar-refractivity contribution in [2.24, 2.45) is 4.99 Å². The summed E-state index contributed by atoms with van der Waals surface area (Å²) in [6, 6.07) is 5.27. The number of guanidine groups is 1. The minimum Gasteiger partial charge on any atom is -0.375 e. The predicted molar refractivity (Wildman–Crippen MR) is 101 cm³/mol. The SMILES string of the molecule is CCNC(=NCc1ccc(N(C)C)c(F)c1)NCCCCSC. The zero-order chi connectivity index (χ0) is 17.1. The third-order valence-corrected chi connectivity index (χ3v) is 4.02. The second-order valence-electron chi connectivity index (χ2n) is 5.50. The number of rotatable bonds is 9. The van der Waals surface area contributed by atoms with Gasteiger partial charge in [0, 0.05) is 27.2 Å². The van der Waals surface area contributed by atoms with Gasteiger partial charge in [0.15, 0.2) is 5.96 Å². The fourth-order valence-electron chi connectivity index (χ4n) is 2.10. The Morgan fingerprint density at radius 2 is 2.04 bits per heavy atom. The van der Waals surface area contributed by atoms with E-state index in [1.54, 1.807) is 17.0 Å². The second-order valence-corrected chi connectivity index (χ2v) is 6.49. The third kappa shape index (κ3) is 7.59. The number of anilines is 1. The Bertz CT molecular complexity index is 491. The lowest BCUT2D eigenvalue weighted by Crippen LogP contribution is -2.37. The van der Waals surface area contributed by atoms with E-state index in [1.165, 1.54) is 12.2 Å². The first-order chi connectivity index (χ1) is 11.1. The first-order valence-corrected chi connectivity index (χ1v) is 9.44. The van der Waals surface area contributed by atoms with Crippen LogP contribution >= 0.6 is 11.8 Å². The summed E-state index contributed by atoms with van der Waals surface area (Å²) >= 11 is 1.87. The molecule has 1 aromatic rings. The van der Waals surface area contributed by atoms with Crippen LogP contribution in [0.4, 0.5) is 10.1 Å². The van der Waals surface area contributed by atoms with E-state index in [0.717, 1.165) is 31.0 Å². The largest absolute Gasteiger partial charge is 0.375 e. The van der Waals surface area contributed by atoms with Crippen molar-refractivity contribution in [1.29, 1.82) is 0 Å². The van der Waals surface area contributed by atoms with Gasteiger partial charge >= 0.3 is 0 Å². The van der Waals surface area contributed by atoms with Crippen LogP contribution in [0.3, 0.4) is 0 Å². The van der Waals surface area contributed by atoms with Gasteiger partial charge < -0.3 is 15.5 Å². The van der Waals surface area contributed by atoms with E-state index >= 15 is 0 Å². The van der Waals surface area contributed by atoms with E-state index in [1.807, 2.05) is 38.8 Å². The molecule has 0 spiro atoms. The van der Waals surface area contributed by atoms with Gasteiger partial charge in [-0.05, 0) is 49.5 Å². The van der Waals surface area contributed by atoms with Crippen LogP contribution in [-0.2, 0) is 6.54 Å². The quantitative estimate of drug-likeness (QED) is 0.412. The first kappa shape index (κ1) is 19.6. The van der Waals surface area contributed by atoms with Gasteiger partial charge in [-0.25, -0.2) is 9.38 Å². The zero-order valence-electron chi connectivity index (χ0n) is 14.7. The summed E-state index contributed by atoms with van der Waals surface area (Å²) in [5, 5.41) is 6.54. The van der Waals surface area contributed by atoms with E-state index in [2.05, 4.69) is 21.9 Å². The van der Waals surface area contributed by atoms with E-state index in [9.17, 15) is 4.39 Å². The molecule has 0 aliphatic rings. The lowest BCUT2D eigenvalue weighted by atomic mass is 10.2. The van der Waals surface area contributed by atoms with Gasteiger partial charge in [0.1, 0.15) is 5.82 Å². The summed E-state index contributed by atoms with van der Waals surface area (Å²) < 4.78 is 14.0. The molecule has 0 saturated heterocycles. The molecular weight excluding hydrogens is 311 g/mol. The molecule has 0 heterocycles. The highest BCUT2D eigenvalue weighted by atomic mass is 32.2. The molecule has 0 bridgehead atoms. The number of aliphatic imine (C=N–C) groups is 1. The standard InChI is InChI=1S/C17H29FN4S/c1-5-19-17(20-10-6-7-11-23-4)21-13-14-8-9-16(22(2)3)15(18)12-14/h8-9,12H,5-7,10-11,13H2,1-4H3,(H2,19,20,21). The minimum atomic E-state index is -0.210. The molecule has 0 unspecified atom stereocenters. The van der Waals surface area contributed by atoms with Crippen LogP contribution in [0.1, 0.15) is 25.3 Å². The van der Waals surface area contributed by atoms with Crippen molar-refractivity contribution in [2.45, 2.75) is 26.3 Å². The monoisotopic (exact) mass is 340 g/mol. The molecular formula is C17H29FN4S. The maximum absolute atomic E-state index is 14.0. The highest BCUT2D eigenvalue weighted by Crippen LogP contribution is 2.18. The van der Waals surface area contributed by atoms with Crippen molar-refractivity contribution in [3.8, 4) is 0 Å². The van der Waals surface area contributed by atoms with Crippen molar-refractivity contribution in [3.63, 3.8) is 0 Å². The maximum Gasteiger partial charge on any atom is 0.191 e. The average Bonchev–Trinajstić information content (AvgIpc) is 2.52. The van der Waals surface area contributed by atoms with Crippen LogP contribution in [-0.4, -0.2) is 45.2 Å². The van der Waals surface area contributed by atoms with Crippen LogP contribution in [0.5, 0.6) is 0 Å². The molecule has 0 aliphatic heterocycles. The summed E-state index contributed by atoms with van der Waals surface area (Å²) in [6.45, 7) is 4.21. The van der Waals surface area contributed by atoms with Crippen LogP contribution in [0, 0.1) is 5.82 Å². The number of hydrogen-bond donors (Lipinski definition) is 2. The molecule has 0 aromatic heterocycles. The zero-order valence-corrected chi connectivity index (χ0v) is 15.5. The van der Waals surface area contributed by atoms with Gasteiger partial charge in [-0.2, -0.15) is 11.8 Å². The Morgan fingerprint density at radius 1 is 1.26 bits per heavy atom. The van der Waals surface area contributed by atoms with Crippen molar-refractivity contribution in [2.75, 3.05) is 44.1 Å². The first-order valence-electron chi connectivity index (χ1n) is 8.05. The fraction of sp³-hybridized carbons (Fsp3) is 0.588. The normalized spacial score (nSPS) is 11.4. The second kappa shape index (κ2) is 11.2. The number of hydrogen-bond acceptors (Lipinski definition) is 3. The van der Waals surface area contributed by atoms with Crippen LogP contribution < -0.4 is 15.5 Å². The predicted octanol–water partition coefficient (Wildman–Crippen LogP) is 3.09. The molecule has 2 N–H and O–H groups in total. The van der Waals surface area contributed by atoms with Gasteiger partial charge in [0.25, 0.3) is 0 Å². The van der Waals surface area contributed by atoms with Gasteiger partial charge in [-0.15, -0.1) is 0 Å². The van der Waals surface area contributed by atoms with Crippen molar-refractivity contribution >= 4 is 23.4 Å². The Hall–Kier alpha value is -1.43. The molecule has 4 nitrogen and oxygen atoms in total. The summed E-state index contributed by atoms with van der Waals surface area (Å²) in [6.07, 6.45) is 4.45. The summed E-state index contributed by atoms with van der Waals surface area (Å²) in [5.41, 5.74) is 1.46. The Balaban J connectivity index is 2.57. The molecule has 1 aromatic carbocycles. The molecule has 0 atom stereocenters. The third-order valence-electron chi connectivity index (χ3n) is 3.33. The van der Waals surface area contributed by atoms with Gasteiger partial charge in [-0.1, -0.05) is 6.07 Å². The van der Waals surface area contributed by atoms with Crippen molar-refractivity contribution < 1.29 is 4.39 Å². The minimum absolute atomic E-state index is 0.210. The maximum atomic E-state index is 14.0. The lowest BCUT2D eigenvalue weighted by Gasteiger charge is -2.14. The molecule has 1 rings (SSSR count). The lowest BCUT2D eigenvalue weighted by molar-refractivity contribution is 0.623. The molecule has 0 saturated carbocycles. The van der Waals surface area contributed by atoms with E-state index in [4.69, 9.17) is 0 Å². The number of thioether (sulfide) groups is 1. The average molecular weight is 341 g/mol. The fourth-order valence-corrected chi connectivity index (χ4v) is 2.59. The Kier molecular flexibility index (Phi) is 9.52. The summed E-state index contributed by atoms with van der Waals surface area (Å²) in [4.78, 5) is 6.29. The molecule has 0 aliphatic carbocycles. The summed E-state index contributed by atoms with van der Waals surface area (Å²) in [5.74, 6) is 1.76. The smallest absolute Gasteiger partial charge is 0.191 e. The van der Waals surface area contributed by atoms with E-state index in [-0.39, 0.29) is 5.82 Å². The van der Waals surface area contributed by atoms with E-state index < -0.39 is 0 Å². The van der Waals surface area contributed by atoms with Crippen molar-refractivity contribution in [3.05, 3.63) is 29.6 Å². The Labute approximate surface area is 143 Å². The highest BCUT2D eigenvalue weighted by Gasteiger charge is 2.05.